The number of hydrogen-bond acceptors (Lipinski definition) is 7. The molecule has 0 spiro atoms. The molecule has 0 radical (unpaired) electrons. The van der Waals surface area contributed by atoms with Crippen LogP contribution in [-0.2, 0) is 29.5 Å². The SMILES string of the molecule is COc1ccc(CN2CCCC2c2nc3c(c(=O)[nH]2)CCN(S(C)(=O)=O)C3)cc1OC. The first kappa shape index (κ1) is 21.8. The molecule has 2 aliphatic heterocycles. The van der Waals surface area contributed by atoms with Crippen LogP contribution in [0.15, 0.2) is 23.0 Å². The quantitative estimate of drug-likeness (QED) is 0.713. The second kappa shape index (κ2) is 8.60. The minimum absolute atomic E-state index is 0.0280. The van der Waals surface area contributed by atoms with Gasteiger partial charge in [0.15, 0.2) is 11.5 Å². The predicted molar refractivity (Wildman–Crippen MR) is 116 cm³/mol. The Labute approximate surface area is 182 Å². The number of likely N-dealkylation sites (tertiary alicyclic amines) is 1. The van der Waals surface area contributed by atoms with E-state index in [1.54, 1.807) is 14.2 Å². The van der Waals surface area contributed by atoms with Gasteiger partial charge in [0.05, 0.1) is 38.8 Å². The summed E-state index contributed by atoms with van der Waals surface area (Å²) in [6, 6.07) is 5.82. The molecule has 2 aromatic rings. The largest absolute Gasteiger partial charge is 0.493 e. The van der Waals surface area contributed by atoms with E-state index in [0.717, 1.165) is 24.9 Å². The lowest BCUT2D eigenvalue weighted by molar-refractivity contribution is 0.237. The monoisotopic (exact) mass is 448 g/mol. The summed E-state index contributed by atoms with van der Waals surface area (Å²) in [7, 11) is -0.108. The molecule has 0 saturated carbocycles. The Morgan fingerprint density at radius 3 is 2.68 bits per heavy atom. The minimum Gasteiger partial charge on any atom is -0.493 e. The molecule has 9 nitrogen and oxygen atoms in total. The number of hydrogen-bond donors (Lipinski definition) is 1. The molecule has 0 bridgehead atoms. The molecule has 168 valence electrons. The summed E-state index contributed by atoms with van der Waals surface area (Å²) in [4.78, 5) is 22.7. The molecule has 1 aromatic heterocycles. The number of aromatic amines is 1. The molecule has 0 amide bonds. The summed E-state index contributed by atoms with van der Waals surface area (Å²) in [6.45, 7) is 2.02. The van der Waals surface area contributed by atoms with Crippen LogP contribution in [0, 0.1) is 0 Å². The number of benzene rings is 1. The number of nitrogens with zero attached hydrogens (tertiary/aromatic N) is 3. The highest BCUT2D eigenvalue weighted by molar-refractivity contribution is 7.88. The second-order valence-corrected chi connectivity index (χ2v) is 10.0. The first-order valence-electron chi connectivity index (χ1n) is 10.3. The first-order valence-corrected chi connectivity index (χ1v) is 12.2. The standard InChI is InChI=1S/C21H28N4O5S/c1-29-18-7-6-14(11-19(18)30-2)12-24-9-4-5-17(24)20-22-16-13-25(31(3,27)28)10-8-15(16)21(26)23-20/h6-7,11,17H,4-5,8-10,12-13H2,1-3H3,(H,22,23,26). The summed E-state index contributed by atoms with van der Waals surface area (Å²) in [5, 5.41) is 0. The van der Waals surface area contributed by atoms with Gasteiger partial charge in [-0.2, -0.15) is 4.31 Å². The topological polar surface area (TPSA) is 105 Å². The van der Waals surface area contributed by atoms with Gasteiger partial charge in [0.1, 0.15) is 5.82 Å². The highest BCUT2D eigenvalue weighted by Crippen LogP contribution is 2.34. The van der Waals surface area contributed by atoms with Gasteiger partial charge in [-0.1, -0.05) is 6.07 Å². The van der Waals surface area contributed by atoms with Crippen molar-refractivity contribution in [2.45, 2.75) is 38.4 Å². The fourth-order valence-electron chi connectivity index (χ4n) is 4.41. The number of nitrogens with one attached hydrogen (secondary N) is 1. The Morgan fingerprint density at radius 2 is 1.97 bits per heavy atom. The van der Waals surface area contributed by atoms with Crippen molar-refractivity contribution in [3.05, 3.63) is 51.2 Å². The van der Waals surface area contributed by atoms with Crippen molar-refractivity contribution in [1.29, 1.82) is 0 Å². The van der Waals surface area contributed by atoms with Crippen molar-refractivity contribution in [2.75, 3.05) is 33.6 Å². The van der Waals surface area contributed by atoms with E-state index in [-0.39, 0.29) is 18.1 Å². The highest BCUT2D eigenvalue weighted by atomic mass is 32.2. The summed E-state index contributed by atoms with van der Waals surface area (Å²) < 4.78 is 36.0. The van der Waals surface area contributed by atoms with Crippen molar-refractivity contribution in [3.8, 4) is 11.5 Å². The van der Waals surface area contributed by atoms with Crippen molar-refractivity contribution in [3.63, 3.8) is 0 Å². The molecule has 2 aliphatic rings. The van der Waals surface area contributed by atoms with Gasteiger partial charge in [-0.05, 0) is 43.5 Å². The molecule has 10 heteroatoms. The smallest absolute Gasteiger partial charge is 0.254 e. The van der Waals surface area contributed by atoms with Gasteiger partial charge < -0.3 is 14.5 Å². The van der Waals surface area contributed by atoms with E-state index in [4.69, 9.17) is 14.5 Å². The molecule has 1 unspecified atom stereocenters. The van der Waals surface area contributed by atoms with Crippen LogP contribution in [0.2, 0.25) is 0 Å². The fraction of sp³-hybridized carbons (Fsp3) is 0.524. The van der Waals surface area contributed by atoms with E-state index in [0.29, 0.717) is 48.1 Å². The van der Waals surface area contributed by atoms with Gasteiger partial charge in [0.2, 0.25) is 10.0 Å². The van der Waals surface area contributed by atoms with Gasteiger partial charge in [0, 0.05) is 18.7 Å². The van der Waals surface area contributed by atoms with Crippen molar-refractivity contribution >= 4 is 10.0 Å². The number of fused-ring (bicyclic) bond motifs is 1. The Bertz CT molecular complexity index is 1130. The number of rotatable bonds is 6. The van der Waals surface area contributed by atoms with Crippen LogP contribution in [0.5, 0.6) is 11.5 Å². The van der Waals surface area contributed by atoms with Gasteiger partial charge in [0.25, 0.3) is 5.56 Å². The predicted octanol–water partition coefficient (Wildman–Crippen LogP) is 1.44. The molecule has 1 N–H and O–H groups in total. The summed E-state index contributed by atoms with van der Waals surface area (Å²) in [6.07, 6.45) is 3.44. The Hall–Kier alpha value is -2.43. The molecule has 31 heavy (non-hydrogen) atoms. The number of aromatic nitrogens is 2. The lowest BCUT2D eigenvalue weighted by Gasteiger charge is -2.28. The Morgan fingerprint density at radius 1 is 1.19 bits per heavy atom. The molecule has 3 heterocycles. The van der Waals surface area contributed by atoms with E-state index < -0.39 is 10.0 Å². The summed E-state index contributed by atoms with van der Waals surface area (Å²) >= 11 is 0. The van der Waals surface area contributed by atoms with Gasteiger partial charge in [-0.15, -0.1) is 0 Å². The molecular weight excluding hydrogens is 420 g/mol. The Balaban J connectivity index is 1.59. The lowest BCUT2D eigenvalue weighted by atomic mass is 10.1. The van der Waals surface area contributed by atoms with Crippen LogP contribution in [0.1, 0.15) is 41.5 Å². The highest BCUT2D eigenvalue weighted by Gasteiger charge is 2.31. The van der Waals surface area contributed by atoms with Gasteiger partial charge >= 0.3 is 0 Å². The normalized spacial score (nSPS) is 19.9. The van der Waals surface area contributed by atoms with Gasteiger partial charge in [-0.3, -0.25) is 9.69 Å². The lowest BCUT2D eigenvalue weighted by Crippen LogP contribution is -2.39. The maximum atomic E-state index is 12.7. The third-order valence-corrected chi connectivity index (χ3v) is 7.29. The van der Waals surface area contributed by atoms with Crippen LogP contribution < -0.4 is 15.0 Å². The second-order valence-electron chi connectivity index (χ2n) is 8.04. The average molecular weight is 449 g/mol. The molecule has 1 aromatic carbocycles. The average Bonchev–Trinajstić information content (AvgIpc) is 3.20. The molecule has 1 atom stereocenters. The number of methoxy groups -OCH3 is 2. The fourth-order valence-corrected chi connectivity index (χ4v) is 5.19. The Kier molecular flexibility index (Phi) is 6.05. The zero-order chi connectivity index (χ0) is 22.2. The van der Waals surface area contributed by atoms with Crippen molar-refractivity contribution < 1.29 is 17.9 Å². The van der Waals surface area contributed by atoms with Crippen LogP contribution in [0.25, 0.3) is 0 Å². The maximum Gasteiger partial charge on any atom is 0.254 e. The van der Waals surface area contributed by atoms with E-state index in [2.05, 4.69) is 9.88 Å². The minimum atomic E-state index is -3.33. The molecule has 1 saturated heterocycles. The molecule has 0 aliphatic carbocycles. The third kappa shape index (κ3) is 4.46. The van der Waals surface area contributed by atoms with Crippen molar-refractivity contribution in [1.82, 2.24) is 19.2 Å². The molecular formula is C21H28N4O5S. The number of H-pyrrole nitrogens is 1. The van der Waals surface area contributed by atoms with E-state index in [9.17, 15) is 13.2 Å². The van der Waals surface area contributed by atoms with Crippen LogP contribution in [0.3, 0.4) is 0 Å². The third-order valence-electron chi connectivity index (χ3n) is 6.04. The van der Waals surface area contributed by atoms with Crippen LogP contribution in [0.4, 0.5) is 0 Å². The van der Waals surface area contributed by atoms with Crippen LogP contribution >= 0.6 is 0 Å². The van der Waals surface area contributed by atoms with E-state index in [1.165, 1.54) is 10.6 Å². The molecule has 4 rings (SSSR count). The van der Waals surface area contributed by atoms with Crippen LogP contribution in [-0.4, -0.2) is 61.2 Å². The van der Waals surface area contributed by atoms with Crippen molar-refractivity contribution in [2.24, 2.45) is 0 Å². The zero-order valence-corrected chi connectivity index (χ0v) is 18.9. The number of ether oxygens (including phenoxy) is 2. The summed E-state index contributed by atoms with van der Waals surface area (Å²) in [5.74, 6) is 1.97. The van der Waals surface area contributed by atoms with E-state index >= 15 is 0 Å². The number of sulfonamides is 1. The van der Waals surface area contributed by atoms with E-state index in [1.807, 2.05) is 18.2 Å². The zero-order valence-electron chi connectivity index (χ0n) is 18.1. The summed E-state index contributed by atoms with van der Waals surface area (Å²) in [5.41, 5.74) is 2.07. The maximum absolute atomic E-state index is 12.7. The molecule has 1 fully saturated rings. The van der Waals surface area contributed by atoms with Gasteiger partial charge in [-0.25, -0.2) is 13.4 Å². The first-order chi connectivity index (χ1) is 14.8.